The fraction of sp³-hybridized carbons (Fsp3) is 0.471. The second kappa shape index (κ2) is 6.32. The lowest BCUT2D eigenvalue weighted by Gasteiger charge is -2.27. The minimum absolute atomic E-state index is 0.202. The van der Waals surface area contributed by atoms with Gasteiger partial charge in [-0.05, 0) is 31.0 Å². The predicted octanol–water partition coefficient (Wildman–Crippen LogP) is 4.43. The number of halogens is 1. The van der Waals surface area contributed by atoms with Gasteiger partial charge in [-0.1, -0.05) is 47.7 Å². The van der Waals surface area contributed by atoms with Gasteiger partial charge < -0.3 is 10.5 Å². The van der Waals surface area contributed by atoms with Gasteiger partial charge in [-0.3, -0.25) is 0 Å². The molecule has 4 heteroatoms. The minimum atomic E-state index is -0.202. The van der Waals surface area contributed by atoms with E-state index in [0.717, 1.165) is 28.1 Å². The van der Waals surface area contributed by atoms with Crippen molar-refractivity contribution in [3.8, 4) is 5.88 Å². The topological polar surface area (TPSA) is 48.1 Å². The number of rotatable bonds is 3. The molecule has 0 atom stereocenters. The Bertz CT molecular complexity index is 621. The molecule has 1 aliphatic carbocycles. The molecular formula is C17H21BrN2O. The second-order valence-electron chi connectivity index (χ2n) is 6.02. The number of aromatic nitrogens is 1. The number of nitrogens with zero attached hydrogens (tertiary/aromatic N) is 1. The first-order valence-electron chi connectivity index (χ1n) is 7.63. The predicted molar refractivity (Wildman–Crippen MR) is 89.6 cm³/mol. The van der Waals surface area contributed by atoms with Crippen LogP contribution in [-0.2, 0) is 0 Å². The Morgan fingerprint density at radius 3 is 2.62 bits per heavy atom. The Kier molecular flexibility index (Phi) is 4.45. The molecule has 2 aromatic rings. The van der Waals surface area contributed by atoms with E-state index in [9.17, 15) is 0 Å². The van der Waals surface area contributed by atoms with Crippen molar-refractivity contribution >= 4 is 26.7 Å². The molecule has 0 bridgehead atoms. The average Bonchev–Trinajstić information content (AvgIpc) is 2.71. The monoisotopic (exact) mass is 348 g/mol. The van der Waals surface area contributed by atoms with Crippen LogP contribution >= 0.6 is 15.9 Å². The zero-order valence-electron chi connectivity index (χ0n) is 12.1. The minimum Gasteiger partial charge on any atom is -0.475 e. The van der Waals surface area contributed by atoms with E-state index >= 15 is 0 Å². The van der Waals surface area contributed by atoms with Crippen molar-refractivity contribution < 1.29 is 4.74 Å². The lowest BCUT2D eigenvalue weighted by atomic mass is 9.93. The van der Waals surface area contributed by atoms with Gasteiger partial charge in [0.1, 0.15) is 6.61 Å². The molecule has 0 aliphatic heterocycles. The van der Waals surface area contributed by atoms with Crippen molar-refractivity contribution in [2.24, 2.45) is 5.73 Å². The number of pyridine rings is 1. The maximum absolute atomic E-state index is 6.52. The highest BCUT2D eigenvalue weighted by Gasteiger charge is 2.27. The highest BCUT2D eigenvalue weighted by Crippen LogP contribution is 2.30. The molecule has 0 radical (unpaired) electrons. The number of fused-ring (bicyclic) bond motifs is 1. The zero-order valence-corrected chi connectivity index (χ0v) is 13.7. The summed E-state index contributed by atoms with van der Waals surface area (Å²) in [6, 6.07) is 8.07. The van der Waals surface area contributed by atoms with E-state index in [0.29, 0.717) is 12.5 Å². The third-order valence-corrected chi connectivity index (χ3v) is 5.00. The molecule has 1 aromatic carbocycles. The SMILES string of the molecule is NC1(COc2nccc3c(Br)cccc23)CCCCCC1. The molecule has 1 aromatic heterocycles. The molecule has 21 heavy (non-hydrogen) atoms. The summed E-state index contributed by atoms with van der Waals surface area (Å²) in [5.74, 6) is 0.683. The summed E-state index contributed by atoms with van der Waals surface area (Å²) in [4.78, 5) is 4.39. The fourth-order valence-corrected chi connectivity index (χ4v) is 3.54. The lowest BCUT2D eigenvalue weighted by molar-refractivity contribution is 0.195. The molecule has 1 saturated carbocycles. The van der Waals surface area contributed by atoms with Crippen LogP contribution in [0.5, 0.6) is 5.88 Å². The second-order valence-corrected chi connectivity index (χ2v) is 6.87. The van der Waals surface area contributed by atoms with Gasteiger partial charge >= 0.3 is 0 Å². The highest BCUT2D eigenvalue weighted by atomic mass is 79.9. The summed E-state index contributed by atoms with van der Waals surface area (Å²) < 4.78 is 7.07. The van der Waals surface area contributed by atoms with E-state index < -0.39 is 0 Å². The van der Waals surface area contributed by atoms with Gasteiger partial charge in [-0.25, -0.2) is 4.98 Å². The fourth-order valence-electron chi connectivity index (χ4n) is 3.05. The smallest absolute Gasteiger partial charge is 0.221 e. The first-order chi connectivity index (χ1) is 10.2. The Hall–Kier alpha value is -1.13. The molecular weight excluding hydrogens is 328 g/mol. The van der Waals surface area contributed by atoms with E-state index in [2.05, 4.69) is 20.9 Å². The molecule has 2 N–H and O–H groups in total. The molecule has 0 spiro atoms. The van der Waals surface area contributed by atoms with Gasteiger partial charge in [0, 0.05) is 21.4 Å². The lowest BCUT2D eigenvalue weighted by Crippen LogP contribution is -2.45. The van der Waals surface area contributed by atoms with Gasteiger partial charge in [0.15, 0.2) is 0 Å². The zero-order chi connectivity index (χ0) is 14.7. The summed E-state index contributed by atoms with van der Waals surface area (Å²) in [6.07, 6.45) is 8.86. The molecule has 0 amide bonds. The van der Waals surface area contributed by atoms with E-state index in [4.69, 9.17) is 10.5 Å². The van der Waals surface area contributed by atoms with Crippen LogP contribution < -0.4 is 10.5 Å². The normalized spacial score (nSPS) is 18.4. The summed E-state index contributed by atoms with van der Waals surface area (Å²) in [5, 5.41) is 2.15. The molecule has 1 heterocycles. The van der Waals surface area contributed by atoms with Crippen molar-refractivity contribution in [2.75, 3.05) is 6.61 Å². The highest BCUT2D eigenvalue weighted by molar-refractivity contribution is 9.10. The van der Waals surface area contributed by atoms with Crippen molar-refractivity contribution in [2.45, 2.75) is 44.1 Å². The Morgan fingerprint density at radius 1 is 1.10 bits per heavy atom. The molecule has 0 saturated heterocycles. The number of hydrogen-bond acceptors (Lipinski definition) is 3. The third kappa shape index (κ3) is 3.38. The van der Waals surface area contributed by atoms with E-state index in [-0.39, 0.29) is 5.54 Å². The van der Waals surface area contributed by atoms with Crippen LogP contribution in [0.1, 0.15) is 38.5 Å². The molecule has 112 valence electrons. The first-order valence-corrected chi connectivity index (χ1v) is 8.42. The average molecular weight is 349 g/mol. The van der Waals surface area contributed by atoms with Crippen LogP contribution in [0.15, 0.2) is 34.9 Å². The van der Waals surface area contributed by atoms with Gasteiger partial charge in [0.25, 0.3) is 0 Å². The summed E-state index contributed by atoms with van der Waals surface area (Å²) in [6.45, 7) is 0.547. The number of benzene rings is 1. The first kappa shape index (κ1) is 14.8. The van der Waals surface area contributed by atoms with Crippen LogP contribution in [0.3, 0.4) is 0 Å². The van der Waals surface area contributed by atoms with Crippen LogP contribution in [0.2, 0.25) is 0 Å². The van der Waals surface area contributed by atoms with Crippen molar-refractivity contribution in [1.82, 2.24) is 4.98 Å². The third-order valence-electron chi connectivity index (χ3n) is 4.31. The van der Waals surface area contributed by atoms with Crippen molar-refractivity contribution in [3.05, 3.63) is 34.9 Å². The Balaban J connectivity index is 1.80. The van der Waals surface area contributed by atoms with Crippen molar-refractivity contribution in [1.29, 1.82) is 0 Å². The molecule has 0 unspecified atom stereocenters. The maximum atomic E-state index is 6.52. The maximum Gasteiger partial charge on any atom is 0.221 e. The van der Waals surface area contributed by atoms with E-state index in [1.165, 1.54) is 25.7 Å². The van der Waals surface area contributed by atoms with Crippen LogP contribution in [-0.4, -0.2) is 17.1 Å². The summed E-state index contributed by atoms with van der Waals surface area (Å²) >= 11 is 3.57. The largest absolute Gasteiger partial charge is 0.475 e. The van der Waals surface area contributed by atoms with E-state index in [1.54, 1.807) is 6.20 Å². The Morgan fingerprint density at radius 2 is 1.86 bits per heavy atom. The number of ether oxygens (including phenoxy) is 1. The van der Waals surface area contributed by atoms with Crippen LogP contribution in [0, 0.1) is 0 Å². The van der Waals surface area contributed by atoms with Crippen LogP contribution in [0.4, 0.5) is 0 Å². The van der Waals surface area contributed by atoms with Crippen molar-refractivity contribution in [3.63, 3.8) is 0 Å². The van der Waals surface area contributed by atoms with Gasteiger partial charge in [0.2, 0.25) is 5.88 Å². The van der Waals surface area contributed by atoms with Crippen LogP contribution in [0.25, 0.3) is 10.8 Å². The van der Waals surface area contributed by atoms with Gasteiger partial charge in [-0.2, -0.15) is 0 Å². The van der Waals surface area contributed by atoms with Gasteiger partial charge in [0.05, 0.1) is 5.54 Å². The Labute approximate surface area is 134 Å². The van der Waals surface area contributed by atoms with E-state index in [1.807, 2.05) is 24.3 Å². The molecule has 3 nitrogen and oxygen atoms in total. The number of nitrogens with two attached hydrogens (primary N) is 1. The molecule has 1 fully saturated rings. The molecule has 1 aliphatic rings. The number of hydrogen-bond donors (Lipinski definition) is 1. The standard InChI is InChI=1S/C17H21BrN2O/c18-15-7-5-6-14-13(15)8-11-20-16(14)21-12-17(19)9-3-1-2-4-10-17/h5-8,11H,1-4,9-10,12,19H2. The molecule has 3 rings (SSSR count). The van der Waals surface area contributed by atoms with Gasteiger partial charge in [-0.15, -0.1) is 0 Å². The summed E-state index contributed by atoms with van der Waals surface area (Å²) in [7, 11) is 0. The quantitative estimate of drug-likeness (QED) is 0.834. The summed E-state index contributed by atoms with van der Waals surface area (Å²) in [5.41, 5.74) is 6.32.